The van der Waals surface area contributed by atoms with Gasteiger partial charge >= 0.3 is 0 Å². The van der Waals surface area contributed by atoms with Gasteiger partial charge in [-0.05, 0) is 30.7 Å². The van der Waals surface area contributed by atoms with Gasteiger partial charge < -0.3 is 5.11 Å². The average Bonchev–Trinajstić information content (AvgIpc) is 2.49. The van der Waals surface area contributed by atoms with Crippen molar-refractivity contribution in [2.75, 3.05) is 0 Å². The van der Waals surface area contributed by atoms with Crippen molar-refractivity contribution in [2.45, 2.75) is 76.7 Å². The minimum absolute atomic E-state index is 0.0154. The van der Waals surface area contributed by atoms with Gasteiger partial charge in [-0.25, -0.2) is 0 Å². The maximum atomic E-state index is 11.0. The molecule has 0 aliphatic heterocycles. The molecule has 0 heterocycles. The van der Waals surface area contributed by atoms with E-state index in [-0.39, 0.29) is 11.5 Å². The van der Waals surface area contributed by atoms with Gasteiger partial charge in [0.1, 0.15) is 0 Å². The summed E-state index contributed by atoms with van der Waals surface area (Å²) in [5.41, 5.74) is 1.37. The van der Waals surface area contributed by atoms with E-state index in [1.54, 1.807) is 0 Å². The molecule has 1 aliphatic rings. The lowest BCUT2D eigenvalue weighted by molar-refractivity contribution is 0.0349. The Kier molecular flexibility index (Phi) is 5.65. The molecule has 1 nitrogen and oxygen atoms in total. The Morgan fingerprint density at radius 2 is 1.75 bits per heavy atom. The molecule has 1 aliphatic carbocycles. The minimum atomic E-state index is -0.188. The zero-order valence-electron chi connectivity index (χ0n) is 13.1. The number of hydrogen-bond donors (Lipinski definition) is 1. The number of rotatable bonds is 6. The number of aliphatic hydroxyl groups is 1. The van der Waals surface area contributed by atoms with Crippen LogP contribution in [0.15, 0.2) is 30.3 Å². The molecule has 1 aromatic carbocycles. The molecule has 0 saturated heterocycles. The highest BCUT2D eigenvalue weighted by molar-refractivity contribution is 5.27. The van der Waals surface area contributed by atoms with Crippen molar-refractivity contribution in [1.29, 1.82) is 0 Å². The van der Waals surface area contributed by atoms with Gasteiger partial charge in [0.05, 0.1) is 6.10 Å². The number of hydrogen-bond acceptors (Lipinski definition) is 1. The maximum Gasteiger partial charge on any atom is 0.0639 e. The predicted molar refractivity (Wildman–Crippen MR) is 85.9 cm³/mol. The van der Waals surface area contributed by atoms with Gasteiger partial charge in [-0.2, -0.15) is 0 Å². The minimum Gasteiger partial charge on any atom is -0.392 e. The second kappa shape index (κ2) is 7.26. The maximum absolute atomic E-state index is 11.0. The molecule has 2 unspecified atom stereocenters. The fourth-order valence-electron chi connectivity index (χ4n) is 3.98. The molecule has 20 heavy (non-hydrogen) atoms. The standard InChI is InChI=1S/C19H30O/c1-3-10-16(2)15-18(20)19(13-8-5-9-14-19)17-11-6-4-7-12-17/h4,6-7,11-12,16,18,20H,3,5,8-10,13-15H2,1-2H3. The van der Waals surface area contributed by atoms with E-state index in [0.717, 1.165) is 19.3 Å². The molecular weight excluding hydrogens is 244 g/mol. The molecule has 2 rings (SSSR count). The first-order valence-corrected chi connectivity index (χ1v) is 8.42. The van der Waals surface area contributed by atoms with Gasteiger partial charge in [-0.1, -0.05) is 76.3 Å². The summed E-state index contributed by atoms with van der Waals surface area (Å²) < 4.78 is 0. The van der Waals surface area contributed by atoms with Gasteiger partial charge in [0.2, 0.25) is 0 Å². The molecule has 1 saturated carbocycles. The van der Waals surface area contributed by atoms with E-state index >= 15 is 0 Å². The van der Waals surface area contributed by atoms with Crippen molar-refractivity contribution < 1.29 is 5.11 Å². The molecule has 1 aromatic rings. The van der Waals surface area contributed by atoms with E-state index in [9.17, 15) is 5.11 Å². The Morgan fingerprint density at radius 3 is 2.35 bits per heavy atom. The summed E-state index contributed by atoms with van der Waals surface area (Å²) in [6.07, 6.45) is 9.34. The van der Waals surface area contributed by atoms with Crippen molar-refractivity contribution in [1.82, 2.24) is 0 Å². The summed E-state index contributed by atoms with van der Waals surface area (Å²) in [5.74, 6) is 0.623. The van der Waals surface area contributed by atoms with Gasteiger partial charge in [-0.15, -0.1) is 0 Å². The largest absolute Gasteiger partial charge is 0.392 e. The second-order valence-electron chi connectivity index (χ2n) is 6.73. The Labute approximate surface area is 124 Å². The van der Waals surface area contributed by atoms with E-state index in [0.29, 0.717) is 5.92 Å². The molecule has 112 valence electrons. The Balaban J connectivity index is 2.18. The molecule has 2 atom stereocenters. The molecule has 1 heteroatoms. The van der Waals surface area contributed by atoms with Gasteiger partial charge in [0.15, 0.2) is 0 Å². The lowest BCUT2D eigenvalue weighted by atomic mass is 9.64. The van der Waals surface area contributed by atoms with Gasteiger partial charge in [-0.3, -0.25) is 0 Å². The topological polar surface area (TPSA) is 20.2 Å². The van der Waals surface area contributed by atoms with E-state index < -0.39 is 0 Å². The predicted octanol–water partition coefficient (Wildman–Crippen LogP) is 5.08. The second-order valence-corrected chi connectivity index (χ2v) is 6.73. The van der Waals surface area contributed by atoms with Crippen LogP contribution in [0.3, 0.4) is 0 Å². The van der Waals surface area contributed by atoms with Crippen molar-refractivity contribution in [3.05, 3.63) is 35.9 Å². The fraction of sp³-hybridized carbons (Fsp3) is 0.684. The highest BCUT2D eigenvalue weighted by Crippen LogP contribution is 2.44. The summed E-state index contributed by atoms with van der Waals surface area (Å²) in [7, 11) is 0. The summed E-state index contributed by atoms with van der Waals surface area (Å²) in [6, 6.07) is 10.8. The quantitative estimate of drug-likeness (QED) is 0.767. The van der Waals surface area contributed by atoms with Crippen LogP contribution in [0, 0.1) is 5.92 Å². The average molecular weight is 274 g/mol. The molecule has 0 aromatic heterocycles. The van der Waals surface area contributed by atoms with Crippen LogP contribution in [0.25, 0.3) is 0 Å². The third-order valence-corrected chi connectivity index (χ3v) is 5.14. The van der Waals surface area contributed by atoms with Crippen molar-refractivity contribution >= 4 is 0 Å². The molecular formula is C19H30O. The summed E-state index contributed by atoms with van der Waals surface area (Å²) in [5, 5.41) is 11.0. The summed E-state index contributed by atoms with van der Waals surface area (Å²) in [4.78, 5) is 0. The molecule has 1 N–H and O–H groups in total. The highest BCUT2D eigenvalue weighted by Gasteiger charge is 2.40. The number of benzene rings is 1. The molecule has 0 bridgehead atoms. The van der Waals surface area contributed by atoms with Crippen LogP contribution in [-0.2, 0) is 5.41 Å². The Bertz CT molecular complexity index is 378. The van der Waals surface area contributed by atoms with Gasteiger partial charge in [0, 0.05) is 5.41 Å². The Morgan fingerprint density at radius 1 is 1.10 bits per heavy atom. The van der Waals surface area contributed by atoms with Crippen LogP contribution < -0.4 is 0 Å². The molecule has 0 amide bonds. The third kappa shape index (κ3) is 3.44. The van der Waals surface area contributed by atoms with Crippen molar-refractivity contribution in [3.63, 3.8) is 0 Å². The summed E-state index contributed by atoms with van der Waals surface area (Å²) >= 11 is 0. The van der Waals surface area contributed by atoms with E-state index in [4.69, 9.17) is 0 Å². The smallest absolute Gasteiger partial charge is 0.0639 e. The van der Waals surface area contributed by atoms with E-state index in [2.05, 4.69) is 44.2 Å². The first-order chi connectivity index (χ1) is 9.69. The lowest BCUT2D eigenvalue weighted by Crippen LogP contribution is -2.42. The number of aliphatic hydroxyl groups excluding tert-OH is 1. The van der Waals surface area contributed by atoms with Crippen LogP contribution in [-0.4, -0.2) is 11.2 Å². The molecule has 1 fully saturated rings. The third-order valence-electron chi connectivity index (χ3n) is 5.14. The van der Waals surface area contributed by atoms with Crippen LogP contribution >= 0.6 is 0 Å². The molecule has 0 spiro atoms. The van der Waals surface area contributed by atoms with Crippen molar-refractivity contribution in [3.8, 4) is 0 Å². The van der Waals surface area contributed by atoms with Crippen LogP contribution in [0.5, 0.6) is 0 Å². The van der Waals surface area contributed by atoms with E-state index in [1.807, 2.05) is 0 Å². The zero-order valence-corrected chi connectivity index (χ0v) is 13.1. The molecule has 0 radical (unpaired) electrons. The van der Waals surface area contributed by atoms with Gasteiger partial charge in [0.25, 0.3) is 0 Å². The van der Waals surface area contributed by atoms with Crippen LogP contribution in [0.4, 0.5) is 0 Å². The normalized spacial score (nSPS) is 21.4. The lowest BCUT2D eigenvalue weighted by Gasteiger charge is -2.42. The highest BCUT2D eigenvalue weighted by atomic mass is 16.3. The van der Waals surface area contributed by atoms with Crippen molar-refractivity contribution in [2.24, 2.45) is 5.92 Å². The SMILES string of the molecule is CCCC(C)CC(O)C1(c2ccccc2)CCCCC1. The zero-order chi connectivity index (χ0) is 14.4. The first kappa shape index (κ1) is 15.6. The Hall–Kier alpha value is -0.820. The van der Waals surface area contributed by atoms with E-state index in [1.165, 1.54) is 37.7 Å². The fourth-order valence-corrected chi connectivity index (χ4v) is 3.98. The monoisotopic (exact) mass is 274 g/mol. The summed E-state index contributed by atoms with van der Waals surface area (Å²) in [6.45, 7) is 4.52. The van der Waals surface area contributed by atoms with Crippen LogP contribution in [0.2, 0.25) is 0 Å². The first-order valence-electron chi connectivity index (χ1n) is 8.42. The van der Waals surface area contributed by atoms with Crippen LogP contribution in [0.1, 0.15) is 70.8 Å².